The van der Waals surface area contributed by atoms with Gasteiger partial charge in [-0.3, -0.25) is 9.69 Å². The van der Waals surface area contributed by atoms with Crippen molar-refractivity contribution in [3.05, 3.63) is 58.0 Å². The van der Waals surface area contributed by atoms with Gasteiger partial charge in [0.1, 0.15) is 6.54 Å². The van der Waals surface area contributed by atoms with Crippen LogP contribution < -0.4 is 10.2 Å². The van der Waals surface area contributed by atoms with Crippen molar-refractivity contribution in [1.82, 2.24) is 4.90 Å². The summed E-state index contributed by atoms with van der Waals surface area (Å²) in [5.41, 5.74) is 1.48. The molecule has 3 rings (SSSR count). The molecule has 2 aromatic rings. The zero-order valence-corrected chi connectivity index (χ0v) is 15.0. The lowest BCUT2D eigenvalue weighted by atomic mass is 10.3. The summed E-state index contributed by atoms with van der Waals surface area (Å²) < 4.78 is 0.939. The van der Waals surface area contributed by atoms with E-state index in [1.165, 1.54) is 4.90 Å². The molecular weight excluding hydrogens is 394 g/mol. The van der Waals surface area contributed by atoms with Gasteiger partial charge in [-0.1, -0.05) is 27.5 Å². The number of nitrogens with one attached hydrogen (secondary N) is 1. The zero-order valence-electron chi connectivity index (χ0n) is 12.7. The second-order valence-electron chi connectivity index (χ2n) is 5.39. The van der Waals surface area contributed by atoms with Crippen LogP contribution >= 0.6 is 27.5 Å². The molecule has 0 bridgehead atoms. The van der Waals surface area contributed by atoms with Crippen LogP contribution in [0.4, 0.5) is 16.2 Å². The molecule has 124 valence electrons. The Morgan fingerprint density at radius 1 is 1.08 bits per heavy atom. The molecule has 5 nitrogen and oxygen atoms in total. The van der Waals surface area contributed by atoms with E-state index in [2.05, 4.69) is 21.2 Å². The monoisotopic (exact) mass is 407 g/mol. The molecule has 0 atom stereocenters. The van der Waals surface area contributed by atoms with E-state index in [0.717, 1.165) is 10.2 Å². The summed E-state index contributed by atoms with van der Waals surface area (Å²) in [5.74, 6) is -0.219. The van der Waals surface area contributed by atoms with E-state index in [9.17, 15) is 9.59 Å². The average molecular weight is 409 g/mol. The van der Waals surface area contributed by atoms with Crippen molar-refractivity contribution in [2.45, 2.75) is 0 Å². The minimum Gasteiger partial charge on any atom is -0.325 e. The van der Waals surface area contributed by atoms with Crippen LogP contribution in [0.15, 0.2) is 53.0 Å². The van der Waals surface area contributed by atoms with Crippen LogP contribution in [0, 0.1) is 0 Å². The van der Waals surface area contributed by atoms with Crippen molar-refractivity contribution in [1.29, 1.82) is 0 Å². The smallest absolute Gasteiger partial charge is 0.325 e. The van der Waals surface area contributed by atoms with E-state index >= 15 is 0 Å². The third kappa shape index (κ3) is 3.88. The van der Waals surface area contributed by atoms with E-state index in [-0.39, 0.29) is 18.5 Å². The van der Waals surface area contributed by atoms with Crippen molar-refractivity contribution >= 4 is 50.8 Å². The number of hydrogen-bond donors (Lipinski definition) is 1. The molecule has 1 aliphatic heterocycles. The summed E-state index contributed by atoms with van der Waals surface area (Å²) in [7, 11) is 0. The van der Waals surface area contributed by atoms with Gasteiger partial charge in [-0.15, -0.1) is 0 Å². The Morgan fingerprint density at radius 3 is 2.42 bits per heavy atom. The molecule has 1 fully saturated rings. The van der Waals surface area contributed by atoms with Gasteiger partial charge in [0.2, 0.25) is 5.91 Å². The minimum atomic E-state index is -0.219. The first-order valence-corrected chi connectivity index (χ1v) is 8.57. The van der Waals surface area contributed by atoms with Gasteiger partial charge < -0.3 is 10.2 Å². The molecule has 1 N–H and O–H groups in total. The first-order chi connectivity index (χ1) is 11.5. The average Bonchev–Trinajstić information content (AvgIpc) is 2.91. The number of urea groups is 1. The predicted molar refractivity (Wildman–Crippen MR) is 98.5 cm³/mol. The Morgan fingerprint density at radius 2 is 1.75 bits per heavy atom. The number of hydrogen-bond acceptors (Lipinski definition) is 2. The molecule has 0 unspecified atom stereocenters. The number of halogens is 2. The first-order valence-electron chi connectivity index (χ1n) is 7.40. The fraction of sp³-hybridized carbons (Fsp3) is 0.176. The van der Waals surface area contributed by atoms with Crippen LogP contribution in [0.2, 0.25) is 5.02 Å². The molecule has 7 heteroatoms. The largest absolute Gasteiger partial charge is 0.325 e. The van der Waals surface area contributed by atoms with Crippen molar-refractivity contribution < 1.29 is 9.59 Å². The maximum atomic E-state index is 12.5. The Bertz CT molecular complexity index is 749. The molecule has 0 saturated carbocycles. The van der Waals surface area contributed by atoms with Gasteiger partial charge in [-0.25, -0.2) is 4.79 Å². The SMILES string of the molecule is O=C(CN1CCN(c2ccc(Cl)cc2)C1=O)Nc1ccc(Br)cc1. The van der Waals surface area contributed by atoms with Crippen LogP contribution in [-0.4, -0.2) is 36.5 Å². The molecule has 0 aliphatic carbocycles. The quantitative estimate of drug-likeness (QED) is 0.832. The highest BCUT2D eigenvalue weighted by Crippen LogP contribution is 2.22. The van der Waals surface area contributed by atoms with Crippen molar-refractivity contribution in [2.75, 3.05) is 29.9 Å². The lowest BCUT2D eigenvalue weighted by molar-refractivity contribution is -0.116. The van der Waals surface area contributed by atoms with Crippen LogP contribution in [0.5, 0.6) is 0 Å². The maximum Gasteiger partial charge on any atom is 0.325 e. The van der Waals surface area contributed by atoms with E-state index in [0.29, 0.717) is 23.8 Å². The van der Waals surface area contributed by atoms with Crippen molar-refractivity contribution in [2.24, 2.45) is 0 Å². The molecule has 1 aliphatic rings. The molecular formula is C17H15BrClN3O2. The summed E-state index contributed by atoms with van der Waals surface area (Å²) in [6.45, 7) is 1.08. The Labute approximate surface area is 153 Å². The molecule has 24 heavy (non-hydrogen) atoms. The highest BCUT2D eigenvalue weighted by Gasteiger charge is 2.30. The normalized spacial score (nSPS) is 14.2. The number of rotatable bonds is 4. The Hall–Kier alpha value is -2.05. The van der Waals surface area contributed by atoms with Gasteiger partial charge in [0.05, 0.1) is 0 Å². The maximum absolute atomic E-state index is 12.5. The highest BCUT2D eigenvalue weighted by molar-refractivity contribution is 9.10. The summed E-state index contributed by atoms with van der Waals surface area (Å²) in [5, 5.41) is 3.41. The Kier molecular flexibility index (Phi) is 5.06. The second-order valence-corrected chi connectivity index (χ2v) is 6.74. The molecule has 3 amide bonds. The minimum absolute atomic E-state index is 0.0268. The van der Waals surface area contributed by atoms with E-state index < -0.39 is 0 Å². The first kappa shape index (κ1) is 16.8. The fourth-order valence-electron chi connectivity index (χ4n) is 2.50. The molecule has 0 aromatic heterocycles. The molecule has 0 spiro atoms. The van der Waals surface area contributed by atoms with Crippen LogP contribution in [-0.2, 0) is 4.79 Å². The zero-order chi connectivity index (χ0) is 17.1. The number of carbonyl (C=O) groups excluding carboxylic acids is 2. The number of anilines is 2. The Balaban J connectivity index is 1.60. The van der Waals surface area contributed by atoms with Gasteiger partial charge in [0.25, 0.3) is 0 Å². The summed E-state index contributed by atoms with van der Waals surface area (Å²) in [4.78, 5) is 27.8. The highest BCUT2D eigenvalue weighted by atomic mass is 79.9. The summed E-state index contributed by atoms with van der Waals surface area (Å²) in [6.07, 6.45) is 0. The molecule has 1 saturated heterocycles. The third-order valence-electron chi connectivity index (χ3n) is 3.70. The lowest BCUT2D eigenvalue weighted by Crippen LogP contribution is -2.37. The number of nitrogens with zero attached hydrogens (tertiary/aromatic N) is 2. The van der Waals surface area contributed by atoms with E-state index in [4.69, 9.17) is 11.6 Å². The van der Waals surface area contributed by atoms with Gasteiger partial charge in [0.15, 0.2) is 0 Å². The molecule has 0 radical (unpaired) electrons. The molecule has 1 heterocycles. The number of benzene rings is 2. The summed E-state index contributed by atoms with van der Waals surface area (Å²) >= 11 is 9.21. The van der Waals surface area contributed by atoms with Crippen LogP contribution in [0.3, 0.4) is 0 Å². The van der Waals surface area contributed by atoms with E-state index in [1.807, 2.05) is 12.1 Å². The number of amides is 3. The molecule has 2 aromatic carbocycles. The van der Waals surface area contributed by atoms with E-state index in [1.54, 1.807) is 41.3 Å². The second kappa shape index (κ2) is 7.23. The number of carbonyl (C=O) groups is 2. The van der Waals surface area contributed by atoms with Gasteiger partial charge >= 0.3 is 6.03 Å². The van der Waals surface area contributed by atoms with Gasteiger partial charge in [-0.2, -0.15) is 0 Å². The van der Waals surface area contributed by atoms with Crippen molar-refractivity contribution in [3.63, 3.8) is 0 Å². The van der Waals surface area contributed by atoms with Crippen LogP contribution in [0.25, 0.3) is 0 Å². The van der Waals surface area contributed by atoms with Crippen molar-refractivity contribution in [3.8, 4) is 0 Å². The van der Waals surface area contributed by atoms with Gasteiger partial charge in [-0.05, 0) is 48.5 Å². The third-order valence-corrected chi connectivity index (χ3v) is 4.48. The fourth-order valence-corrected chi connectivity index (χ4v) is 2.89. The topological polar surface area (TPSA) is 52.7 Å². The standard InChI is InChI=1S/C17H15BrClN3O2/c18-12-1-5-14(6-2-12)20-16(23)11-21-9-10-22(17(21)24)15-7-3-13(19)4-8-15/h1-8H,9-11H2,(H,20,23). The summed E-state index contributed by atoms with van der Waals surface area (Å²) in [6, 6.07) is 14.2. The predicted octanol–water partition coefficient (Wildman–Crippen LogP) is 3.98. The van der Waals surface area contributed by atoms with Crippen LogP contribution in [0.1, 0.15) is 0 Å². The lowest BCUT2D eigenvalue weighted by Gasteiger charge is -2.18. The van der Waals surface area contributed by atoms with Gasteiger partial charge in [0, 0.05) is 34.0 Å².